The van der Waals surface area contributed by atoms with Gasteiger partial charge in [-0.05, 0) is 78.2 Å². The lowest BCUT2D eigenvalue weighted by atomic mass is 9.56. The zero-order chi connectivity index (χ0) is 26.1. The highest BCUT2D eigenvalue weighted by molar-refractivity contribution is 6.29. The molecule has 4 fully saturated rings. The topological polar surface area (TPSA) is 133 Å². The van der Waals surface area contributed by atoms with E-state index >= 15 is 0 Å². The summed E-state index contributed by atoms with van der Waals surface area (Å²) in [7, 11) is 0. The molecule has 1 aromatic rings. The Morgan fingerprint density at radius 2 is 1.69 bits per heavy atom. The van der Waals surface area contributed by atoms with E-state index in [1.807, 2.05) is 20.8 Å². The van der Waals surface area contributed by atoms with Crippen molar-refractivity contribution in [2.75, 3.05) is 18.5 Å². The van der Waals surface area contributed by atoms with Gasteiger partial charge in [-0.3, -0.25) is 25.3 Å². The molecule has 1 saturated heterocycles. The molecule has 0 atom stereocenters. The number of anilines is 1. The van der Waals surface area contributed by atoms with E-state index in [1.54, 1.807) is 11.0 Å². The number of halogens is 1. The molecule has 2 bridgehead atoms. The molecule has 1 aromatic heterocycles. The minimum Gasteiger partial charge on any atom is -0.465 e. The highest BCUT2D eigenvalue weighted by Crippen LogP contribution is 2.56. The maximum absolute atomic E-state index is 13.3. The molecular weight excluding hydrogens is 486 g/mol. The Morgan fingerprint density at radius 3 is 2.25 bits per heavy atom. The van der Waals surface area contributed by atoms with Crippen molar-refractivity contribution in [3.63, 3.8) is 0 Å². The van der Waals surface area contributed by atoms with Crippen molar-refractivity contribution < 1.29 is 24.2 Å². The lowest BCUT2D eigenvalue weighted by Crippen LogP contribution is -2.65. The SMILES string of the molecule is CC(C)(C)N(C(=O)O)C12CCC(C(=O)NNC(=O)c3cnc(Cl)cc3NC3CCOCC3)(CC1)CC2. The number of nitrogens with zero attached hydrogens (tertiary/aromatic N) is 2. The van der Waals surface area contributed by atoms with E-state index in [4.69, 9.17) is 16.3 Å². The molecule has 10 nitrogen and oxygen atoms in total. The summed E-state index contributed by atoms with van der Waals surface area (Å²) in [5.74, 6) is -0.716. The number of aromatic nitrogens is 1. The van der Waals surface area contributed by atoms with Crippen molar-refractivity contribution in [1.82, 2.24) is 20.7 Å². The first kappa shape index (κ1) is 26.5. The number of nitrogens with one attached hydrogen (secondary N) is 3. The predicted octanol–water partition coefficient (Wildman–Crippen LogP) is 3.96. The van der Waals surface area contributed by atoms with Gasteiger partial charge in [-0.15, -0.1) is 0 Å². The summed E-state index contributed by atoms with van der Waals surface area (Å²) < 4.78 is 5.40. The smallest absolute Gasteiger partial charge is 0.408 e. The molecule has 0 spiro atoms. The summed E-state index contributed by atoms with van der Waals surface area (Å²) in [5, 5.41) is 13.5. The summed E-state index contributed by atoms with van der Waals surface area (Å²) in [4.78, 5) is 44.0. The van der Waals surface area contributed by atoms with Crippen molar-refractivity contribution in [1.29, 1.82) is 0 Å². The van der Waals surface area contributed by atoms with Crippen LogP contribution in [-0.2, 0) is 9.53 Å². The molecule has 4 aliphatic rings. The zero-order valence-corrected chi connectivity index (χ0v) is 21.9. The van der Waals surface area contributed by atoms with E-state index in [0.717, 1.165) is 12.8 Å². The Balaban J connectivity index is 1.39. The minimum atomic E-state index is -0.921. The molecule has 4 N–H and O–H groups in total. The molecule has 3 saturated carbocycles. The number of hydrazine groups is 1. The second kappa shape index (κ2) is 10.0. The lowest BCUT2D eigenvalue weighted by Gasteiger charge is -2.58. The van der Waals surface area contributed by atoms with Crippen molar-refractivity contribution in [3.8, 4) is 0 Å². The summed E-state index contributed by atoms with van der Waals surface area (Å²) in [6, 6.07) is 1.76. The highest BCUT2D eigenvalue weighted by Gasteiger charge is 2.57. The number of pyridine rings is 1. The fourth-order valence-electron chi connectivity index (χ4n) is 6.15. The molecule has 0 unspecified atom stereocenters. The molecule has 3 amide bonds. The lowest BCUT2D eigenvalue weighted by molar-refractivity contribution is -0.144. The predicted molar refractivity (Wildman–Crippen MR) is 135 cm³/mol. The van der Waals surface area contributed by atoms with Gasteiger partial charge < -0.3 is 15.2 Å². The van der Waals surface area contributed by atoms with Gasteiger partial charge in [-0.25, -0.2) is 9.78 Å². The van der Waals surface area contributed by atoms with E-state index in [-0.39, 0.29) is 22.7 Å². The maximum Gasteiger partial charge on any atom is 0.408 e. The van der Waals surface area contributed by atoms with Crippen LogP contribution in [0.4, 0.5) is 10.5 Å². The number of carbonyl (C=O) groups is 3. The molecule has 5 rings (SSSR count). The average molecular weight is 522 g/mol. The van der Waals surface area contributed by atoms with Crippen LogP contribution in [0.25, 0.3) is 0 Å². The van der Waals surface area contributed by atoms with E-state index in [1.165, 1.54) is 6.20 Å². The van der Waals surface area contributed by atoms with Crippen LogP contribution < -0.4 is 16.2 Å². The number of carbonyl (C=O) groups excluding carboxylic acids is 2. The quantitative estimate of drug-likeness (QED) is 0.340. The van der Waals surface area contributed by atoms with Crippen LogP contribution in [0.1, 0.15) is 82.5 Å². The third kappa shape index (κ3) is 5.25. The Kier molecular flexibility index (Phi) is 7.39. The van der Waals surface area contributed by atoms with Gasteiger partial charge in [0.25, 0.3) is 5.91 Å². The van der Waals surface area contributed by atoms with Crippen LogP contribution >= 0.6 is 11.6 Å². The molecule has 3 aliphatic carbocycles. The van der Waals surface area contributed by atoms with Crippen LogP contribution in [0.3, 0.4) is 0 Å². The van der Waals surface area contributed by atoms with Gasteiger partial charge in [0.1, 0.15) is 5.15 Å². The highest BCUT2D eigenvalue weighted by atomic mass is 35.5. The third-order valence-corrected chi connectivity index (χ3v) is 8.22. The monoisotopic (exact) mass is 521 g/mol. The van der Waals surface area contributed by atoms with Crippen LogP contribution in [0.5, 0.6) is 0 Å². The fraction of sp³-hybridized carbons (Fsp3) is 0.680. The molecule has 36 heavy (non-hydrogen) atoms. The van der Waals surface area contributed by atoms with E-state index < -0.39 is 28.5 Å². The first-order valence-electron chi connectivity index (χ1n) is 12.6. The van der Waals surface area contributed by atoms with Crippen LogP contribution in [0.15, 0.2) is 12.3 Å². The Morgan fingerprint density at radius 1 is 1.08 bits per heavy atom. The summed E-state index contributed by atoms with van der Waals surface area (Å²) in [5.41, 5.74) is 4.44. The molecule has 198 valence electrons. The van der Waals surface area contributed by atoms with Gasteiger partial charge in [-0.2, -0.15) is 0 Å². The number of carboxylic acid groups (broad SMARTS) is 1. The van der Waals surface area contributed by atoms with Crippen molar-refractivity contribution in [2.24, 2.45) is 5.41 Å². The van der Waals surface area contributed by atoms with Gasteiger partial charge in [0.2, 0.25) is 5.91 Å². The Bertz CT molecular complexity index is 996. The van der Waals surface area contributed by atoms with Crippen LogP contribution in [0.2, 0.25) is 5.15 Å². The van der Waals surface area contributed by atoms with Crippen molar-refractivity contribution >= 4 is 35.2 Å². The number of fused-ring (bicyclic) bond motifs is 3. The third-order valence-electron chi connectivity index (χ3n) is 8.01. The van der Waals surface area contributed by atoms with E-state index in [2.05, 4.69) is 21.2 Å². The van der Waals surface area contributed by atoms with Gasteiger partial charge >= 0.3 is 6.09 Å². The molecule has 11 heteroatoms. The first-order valence-corrected chi connectivity index (χ1v) is 13.0. The number of hydrogen-bond acceptors (Lipinski definition) is 6. The second-order valence-electron chi connectivity index (χ2n) is 11.3. The summed E-state index contributed by atoms with van der Waals surface area (Å²) in [6.45, 7) is 7.02. The zero-order valence-electron chi connectivity index (χ0n) is 21.2. The molecule has 2 heterocycles. The summed E-state index contributed by atoms with van der Waals surface area (Å²) >= 11 is 6.07. The Hall–Kier alpha value is -2.59. The second-order valence-corrected chi connectivity index (χ2v) is 11.7. The molecule has 0 aromatic carbocycles. The minimum absolute atomic E-state index is 0.153. The van der Waals surface area contributed by atoms with Gasteiger partial charge in [0.15, 0.2) is 0 Å². The molecule has 1 aliphatic heterocycles. The van der Waals surface area contributed by atoms with Crippen molar-refractivity contribution in [2.45, 2.75) is 89.3 Å². The summed E-state index contributed by atoms with van der Waals surface area (Å²) in [6.07, 6.45) is 5.71. The van der Waals surface area contributed by atoms with E-state index in [0.29, 0.717) is 57.4 Å². The average Bonchev–Trinajstić information content (AvgIpc) is 2.83. The number of ether oxygens (including phenoxy) is 1. The van der Waals surface area contributed by atoms with E-state index in [9.17, 15) is 19.5 Å². The molecular formula is C25H36ClN5O5. The van der Waals surface area contributed by atoms with Gasteiger partial charge in [0.05, 0.1) is 16.7 Å². The first-order chi connectivity index (χ1) is 17.0. The van der Waals surface area contributed by atoms with Gasteiger partial charge in [-0.1, -0.05) is 11.6 Å². The number of hydrogen-bond donors (Lipinski definition) is 4. The van der Waals surface area contributed by atoms with Crippen LogP contribution in [-0.4, -0.2) is 63.2 Å². The maximum atomic E-state index is 13.3. The fourth-order valence-corrected chi connectivity index (χ4v) is 6.31. The van der Waals surface area contributed by atoms with Crippen LogP contribution in [0, 0.1) is 5.41 Å². The largest absolute Gasteiger partial charge is 0.465 e. The molecule has 0 radical (unpaired) electrons. The normalized spacial score (nSPS) is 26.2. The number of amides is 3. The van der Waals surface area contributed by atoms with Gasteiger partial charge in [0, 0.05) is 36.5 Å². The Labute approximate surface area is 216 Å². The number of rotatable bonds is 5. The van der Waals surface area contributed by atoms with Crippen molar-refractivity contribution in [3.05, 3.63) is 23.0 Å². The standard InChI is InChI=1S/C25H36ClN5O5/c1-23(2,3)31(22(34)35)25-9-6-24(7-10-25,8-11-25)21(33)30-29-20(32)17-15-27-19(26)14-18(17)28-16-4-12-36-13-5-16/h14-16H,4-13H2,1-3H3,(H,27,28)(H,29,32)(H,30,33)(H,34,35).